The molecule has 2 rings (SSSR count). The molecule has 0 saturated carbocycles. The van der Waals surface area contributed by atoms with E-state index in [1.165, 1.54) is 0 Å². The van der Waals surface area contributed by atoms with Crippen molar-refractivity contribution in [2.24, 2.45) is 0 Å². The summed E-state index contributed by atoms with van der Waals surface area (Å²) >= 11 is 6.04. The summed E-state index contributed by atoms with van der Waals surface area (Å²) in [7, 11) is 1.55. The molecule has 0 spiro atoms. The number of benzene rings is 2. The van der Waals surface area contributed by atoms with Gasteiger partial charge in [0.05, 0.1) is 24.4 Å². The van der Waals surface area contributed by atoms with Crippen molar-refractivity contribution < 1.29 is 14.6 Å². The first-order valence-corrected chi connectivity index (χ1v) is 7.57. The number of methoxy groups -OCH3 is 1. The zero-order valence-electron chi connectivity index (χ0n) is 12.8. The van der Waals surface area contributed by atoms with E-state index in [0.29, 0.717) is 29.4 Å². The second-order valence-corrected chi connectivity index (χ2v) is 5.36. The van der Waals surface area contributed by atoms with Crippen molar-refractivity contribution in [2.75, 3.05) is 19.0 Å². The van der Waals surface area contributed by atoms with Crippen LogP contribution in [-0.4, -0.2) is 24.8 Å². The third kappa shape index (κ3) is 5.16. The Morgan fingerprint density at radius 3 is 2.52 bits per heavy atom. The Morgan fingerprint density at radius 1 is 1.17 bits per heavy atom. The minimum Gasteiger partial charge on any atom is -0.497 e. The molecular formula is C17H19ClN2O3. The summed E-state index contributed by atoms with van der Waals surface area (Å²) in [6.07, 6.45) is 0.699. The molecule has 0 aliphatic heterocycles. The smallest absolute Gasteiger partial charge is 0.319 e. The molecule has 6 heteroatoms. The molecule has 0 aliphatic carbocycles. The lowest BCUT2D eigenvalue weighted by Crippen LogP contribution is -2.30. The number of aliphatic hydroxyl groups is 1. The number of rotatable bonds is 6. The lowest BCUT2D eigenvalue weighted by Gasteiger charge is -2.10. The van der Waals surface area contributed by atoms with Crippen molar-refractivity contribution in [1.82, 2.24) is 5.32 Å². The molecule has 2 aromatic carbocycles. The standard InChI is InChI=1S/C17H19ClN2O3/c1-23-14-6-7-15(18)16(10-14)20-17(22)19-9-8-12-2-4-13(11-21)5-3-12/h2-7,10,21H,8-9,11H2,1H3,(H2,19,20,22). The third-order valence-electron chi connectivity index (χ3n) is 3.33. The predicted molar refractivity (Wildman–Crippen MR) is 91.1 cm³/mol. The van der Waals surface area contributed by atoms with Crippen molar-refractivity contribution in [1.29, 1.82) is 0 Å². The molecule has 0 radical (unpaired) electrons. The largest absolute Gasteiger partial charge is 0.497 e. The monoisotopic (exact) mass is 334 g/mol. The zero-order chi connectivity index (χ0) is 16.7. The average Bonchev–Trinajstić information content (AvgIpc) is 2.57. The SMILES string of the molecule is COc1ccc(Cl)c(NC(=O)NCCc2ccc(CO)cc2)c1. The first-order valence-electron chi connectivity index (χ1n) is 7.19. The molecule has 0 atom stereocenters. The quantitative estimate of drug-likeness (QED) is 0.759. The Kier molecular flexibility index (Phi) is 6.26. The molecular weight excluding hydrogens is 316 g/mol. The third-order valence-corrected chi connectivity index (χ3v) is 3.66. The van der Waals surface area contributed by atoms with Crippen molar-refractivity contribution >= 4 is 23.3 Å². The summed E-state index contributed by atoms with van der Waals surface area (Å²) in [5.41, 5.74) is 2.45. The van der Waals surface area contributed by atoms with Crippen molar-refractivity contribution in [2.45, 2.75) is 13.0 Å². The second-order valence-electron chi connectivity index (χ2n) is 4.95. The number of carbonyl (C=O) groups excluding carboxylic acids is 1. The Hall–Kier alpha value is -2.24. The van der Waals surface area contributed by atoms with Crippen molar-refractivity contribution in [3.63, 3.8) is 0 Å². The zero-order valence-corrected chi connectivity index (χ0v) is 13.6. The molecule has 3 N–H and O–H groups in total. The number of amides is 2. The van der Waals surface area contributed by atoms with Gasteiger partial charge in [-0.05, 0) is 29.7 Å². The highest BCUT2D eigenvalue weighted by atomic mass is 35.5. The molecule has 0 heterocycles. The van der Waals surface area contributed by atoms with Crippen LogP contribution in [0.25, 0.3) is 0 Å². The van der Waals surface area contributed by atoms with E-state index in [0.717, 1.165) is 11.1 Å². The normalized spacial score (nSPS) is 10.2. The summed E-state index contributed by atoms with van der Waals surface area (Å²) < 4.78 is 5.10. The number of anilines is 1. The molecule has 0 fully saturated rings. The van der Waals surface area contributed by atoms with Gasteiger partial charge in [-0.2, -0.15) is 0 Å². The van der Waals surface area contributed by atoms with Gasteiger partial charge in [-0.15, -0.1) is 0 Å². The number of hydrogen-bond donors (Lipinski definition) is 3. The summed E-state index contributed by atoms with van der Waals surface area (Å²) in [6, 6.07) is 12.3. The number of carbonyl (C=O) groups is 1. The van der Waals surface area contributed by atoms with Crippen LogP contribution in [0.5, 0.6) is 5.75 Å². The van der Waals surface area contributed by atoms with Crippen LogP contribution in [0.3, 0.4) is 0 Å². The van der Waals surface area contributed by atoms with Gasteiger partial charge in [0.1, 0.15) is 5.75 Å². The van der Waals surface area contributed by atoms with Gasteiger partial charge in [0.15, 0.2) is 0 Å². The average molecular weight is 335 g/mol. The van der Waals surface area contributed by atoms with Crippen LogP contribution in [0.4, 0.5) is 10.5 Å². The molecule has 0 unspecified atom stereocenters. The number of aliphatic hydroxyl groups excluding tert-OH is 1. The molecule has 23 heavy (non-hydrogen) atoms. The van der Waals surface area contributed by atoms with Crippen LogP contribution >= 0.6 is 11.6 Å². The number of urea groups is 1. The van der Waals surface area contributed by atoms with E-state index >= 15 is 0 Å². The van der Waals surface area contributed by atoms with E-state index in [4.69, 9.17) is 21.4 Å². The lowest BCUT2D eigenvalue weighted by molar-refractivity contribution is 0.252. The van der Waals surface area contributed by atoms with Crippen LogP contribution in [0.1, 0.15) is 11.1 Å². The fourth-order valence-corrected chi connectivity index (χ4v) is 2.19. The Bertz CT molecular complexity index is 659. The van der Waals surface area contributed by atoms with Gasteiger partial charge in [-0.1, -0.05) is 35.9 Å². The van der Waals surface area contributed by atoms with Gasteiger partial charge in [0, 0.05) is 12.6 Å². The molecule has 0 saturated heterocycles. The number of hydrogen-bond acceptors (Lipinski definition) is 3. The highest BCUT2D eigenvalue weighted by molar-refractivity contribution is 6.33. The minimum atomic E-state index is -0.327. The second kappa shape index (κ2) is 8.41. The maximum Gasteiger partial charge on any atom is 0.319 e. The van der Waals surface area contributed by atoms with Crippen LogP contribution in [0, 0.1) is 0 Å². The number of halogens is 1. The highest BCUT2D eigenvalue weighted by Gasteiger charge is 2.06. The van der Waals surface area contributed by atoms with E-state index in [1.807, 2.05) is 24.3 Å². The van der Waals surface area contributed by atoms with Crippen molar-refractivity contribution in [3.05, 3.63) is 58.6 Å². The summed E-state index contributed by atoms with van der Waals surface area (Å²) in [4.78, 5) is 11.9. The number of ether oxygens (including phenoxy) is 1. The van der Waals surface area contributed by atoms with Gasteiger partial charge in [-0.25, -0.2) is 4.79 Å². The van der Waals surface area contributed by atoms with Gasteiger partial charge in [-0.3, -0.25) is 0 Å². The lowest BCUT2D eigenvalue weighted by atomic mass is 10.1. The van der Waals surface area contributed by atoms with Crippen LogP contribution in [0.2, 0.25) is 5.02 Å². The van der Waals surface area contributed by atoms with E-state index in [1.54, 1.807) is 25.3 Å². The maximum absolute atomic E-state index is 11.9. The van der Waals surface area contributed by atoms with Crippen LogP contribution < -0.4 is 15.4 Å². The molecule has 0 aromatic heterocycles. The van der Waals surface area contributed by atoms with Gasteiger partial charge >= 0.3 is 6.03 Å². The fraction of sp³-hybridized carbons (Fsp3) is 0.235. The molecule has 2 amide bonds. The number of nitrogens with one attached hydrogen (secondary N) is 2. The van der Waals surface area contributed by atoms with Crippen LogP contribution in [0.15, 0.2) is 42.5 Å². The van der Waals surface area contributed by atoms with Crippen molar-refractivity contribution in [3.8, 4) is 5.75 Å². The minimum absolute atomic E-state index is 0.0300. The molecule has 0 aliphatic rings. The maximum atomic E-state index is 11.9. The predicted octanol–water partition coefficient (Wildman–Crippen LogP) is 3.21. The van der Waals surface area contributed by atoms with E-state index in [2.05, 4.69) is 10.6 Å². The Morgan fingerprint density at radius 2 is 1.87 bits per heavy atom. The van der Waals surface area contributed by atoms with Gasteiger partial charge in [0.2, 0.25) is 0 Å². The summed E-state index contributed by atoms with van der Waals surface area (Å²) in [5, 5.41) is 14.9. The summed E-state index contributed by atoms with van der Waals surface area (Å²) in [5.74, 6) is 0.619. The van der Waals surface area contributed by atoms with Crippen LogP contribution in [-0.2, 0) is 13.0 Å². The van der Waals surface area contributed by atoms with E-state index in [9.17, 15) is 4.79 Å². The van der Waals surface area contributed by atoms with Gasteiger partial charge in [0.25, 0.3) is 0 Å². The Labute approximate surface area is 140 Å². The van der Waals surface area contributed by atoms with E-state index < -0.39 is 0 Å². The molecule has 2 aromatic rings. The molecule has 122 valence electrons. The topological polar surface area (TPSA) is 70.6 Å². The van der Waals surface area contributed by atoms with E-state index in [-0.39, 0.29) is 12.6 Å². The Balaban J connectivity index is 1.83. The highest BCUT2D eigenvalue weighted by Crippen LogP contribution is 2.26. The molecule has 0 bridgehead atoms. The fourth-order valence-electron chi connectivity index (χ4n) is 2.03. The van der Waals surface area contributed by atoms with Gasteiger partial charge < -0.3 is 20.5 Å². The molecule has 5 nitrogen and oxygen atoms in total. The summed E-state index contributed by atoms with van der Waals surface area (Å²) in [6.45, 7) is 0.522. The first kappa shape index (κ1) is 17.1. The first-order chi connectivity index (χ1) is 11.1.